The van der Waals surface area contributed by atoms with Gasteiger partial charge in [0.1, 0.15) is 0 Å². The molecule has 2 rings (SSSR count). The summed E-state index contributed by atoms with van der Waals surface area (Å²) in [5.41, 5.74) is 0.356. The molecule has 108 valence electrons. The molecule has 1 heterocycles. The number of benzene rings is 1. The summed E-state index contributed by atoms with van der Waals surface area (Å²) >= 11 is 9.26. The number of hydrogen-bond acceptors (Lipinski definition) is 3. The van der Waals surface area contributed by atoms with Crippen LogP contribution in [-0.4, -0.2) is 49.4 Å². The van der Waals surface area contributed by atoms with Crippen LogP contribution in [0.1, 0.15) is 10.4 Å². The number of nitrogens with zero attached hydrogens (tertiary/aromatic N) is 1. The van der Waals surface area contributed by atoms with Crippen molar-refractivity contribution >= 4 is 39.3 Å². The third-order valence-electron chi connectivity index (χ3n) is 3.04. The van der Waals surface area contributed by atoms with Crippen molar-refractivity contribution in [3.8, 4) is 0 Å². The van der Waals surface area contributed by atoms with Gasteiger partial charge in [-0.1, -0.05) is 27.5 Å². The fourth-order valence-electron chi connectivity index (χ4n) is 1.95. The second-order valence-corrected chi connectivity index (χ2v) is 5.76. The Bertz CT molecular complexity index is 518. The highest BCUT2D eigenvalue weighted by atomic mass is 79.9. The second-order valence-electron chi connectivity index (χ2n) is 4.44. The lowest BCUT2D eigenvalue weighted by atomic mass is 10.2. The van der Waals surface area contributed by atoms with Gasteiger partial charge in [0, 0.05) is 30.7 Å². The summed E-state index contributed by atoms with van der Waals surface area (Å²) in [5.74, 6) is -0.425. The molecule has 0 radical (unpaired) electrons. The SMILES string of the molecule is O=C(NCC(=O)N1CCNCC1)c1cc(Br)ccc1Cl. The molecule has 20 heavy (non-hydrogen) atoms. The van der Waals surface area contributed by atoms with Crippen LogP contribution < -0.4 is 10.6 Å². The minimum Gasteiger partial charge on any atom is -0.343 e. The summed E-state index contributed by atoms with van der Waals surface area (Å²) < 4.78 is 0.764. The van der Waals surface area contributed by atoms with Crippen LogP contribution in [0.3, 0.4) is 0 Å². The van der Waals surface area contributed by atoms with Gasteiger partial charge in [0.05, 0.1) is 17.1 Å². The number of nitrogens with one attached hydrogen (secondary N) is 2. The first-order valence-corrected chi connectivity index (χ1v) is 7.47. The van der Waals surface area contributed by atoms with Gasteiger partial charge in [0.15, 0.2) is 0 Å². The highest BCUT2D eigenvalue weighted by Crippen LogP contribution is 2.20. The van der Waals surface area contributed by atoms with Gasteiger partial charge in [0.25, 0.3) is 5.91 Å². The molecule has 7 heteroatoms. The lowest BCUT2D eigenvalue weighted by molar-refractivity contribution is -0.130. The molecule has 0 bridgehead atoms. The van der Waals surface area contributed by atoms with Crippen LogP contribution in [0.4, 0.5) is 0 Å². The maximum atomic E-state index is 12.0. The van der Waals surface area contributed by atoms with Gasteiger partial charge in [0.2, 0.25) is 5.91 Å². The van der Waals surface area contributed by atoms with E-state index in [2.05, 4.69) is 26.6 Å². The monoisotopic (exact) mass is 359 g/mol. The molecule has 0 saturated carbocycles. The van der Waals surface area contributed by atoms with Crippen molar-refractivity contribution in [1.29, 1.82) is 0 Å². The molecule has 0 atom stereocenters. The Labute approximate surface area is 130 Å². The summed E-state index contributed by atoms with van der Waals surface area (Å²) in [4.78, 5) is 25.7. The van der Waals surface area contributed by atoms with Gasteiger partial charge in [-0.2, -0.15) is 0 Å². The quantitative estimate of drug-likeness (QED) is 0.853. The summed E-state index contributed by atoms with van der Waals surface area (Å²) in [6.07, 6.45) is 0. The van der Waals surface area contributed by atoms with Gasteiger partial charge in [-0.3, -0.25) is 9.59 Å². The van der Waals surface area contributed by atoms with Crippen molar-refractivity contribution in [3.05, 3.63) is 33.3 Å². The maximum absolute atomic E-state index is 12.0. The molecule has 1 saturated heterocycles. The number of carbonyl (C=O) groups is 2. The summed E-state index contributed by atoms with van der Waals surface area (Å²) in [6, 6.07) is 5.02. The van der Waals surface area contributed by atoms with E-state index in [0.717, 1.165) is 17.6 Å². The fourth-order valence-corrected chi connectivity index (χ4v) is 2.51. The molecule has 1 aliphatic rings. The zero-order valence-corrected chi connectivity index (χ0v) is 13.1. The zero-order chi connectivity index (χ0) is 14.5. The predicted octanol–water partition coefficient (Wildman–Crippen LogP) is 1.26. The van der Waals surface area contributed by atoms with E-state index in [1.54, 1.807) is 23.1 Å². The van der Waals surface area contributed by atoms with Gasteiger partial charge < -0.3 is 15.5 Å². The second kappa shape index (κ2) is 7.06. The Kier molecular flexibility index (Phi) is 5.39. The summed E-state index contributed by atoms with van der Waals surface area (Å²) in [7, 11) is 0. The largest absolute Gasteiger partial charge is 0.343 e. The molecule has 0 aromatic heterocycles. The molecule has 1 fully saturated rings. The Morgan fingerprint density at radius 2 is 2.05 bits per heavy atom. The number of carbonyl (C=O) groups excluding carboxylic acids is 2. The van der Waals surface area contributed by atoms with E-state index in [-0.39, 0.29) is 18.4 Å². The number of amides is 2. The van der Waals surface area contributed by atoms with E-state index in [9.17, 15) is 9.59 Å². The molecular formula is C13H15BrClN3O2. The van der Waals surface area contributed by atoms with Gasteiger partial charge in [-0.15, -0.1) is 0 Å². The number of piperazine rings is 1. The molecule has 1 aromatic rings. The topological polar surface area (TPSA) is 61.4 Å². The first-order valence-electron chi connectivity index (χ1n) is 6.29. The molecule has 2 N–H and O–H groups in total. The first kappa shape index (κ1) is 15.3. The lowest BCUT2D eigenvalue weighted by Gasteiger charge is -2.27. The van der Waals surface area contributed by atoms with Crippen molar-refractivity contribution in [2.45, 2.75) is 0 Å². The molecule has 1 aliphatic heterocycles. The molecule has 5 nitrogen and oxygen atoms in total. The Balaban J connectivity index is 1.91. The molecule has 0 spiro atoms. The van der Waals surface area contributed by atoms with Gasteiger partial charge in [-0.05, 0) is 18.2 Å². The van der Waals surface area contributed by atoms with E-state index < -0.39 is 0 Å². The van der Waals surface area contributed by atoms with E-state index in [1.165, 1.54) is 0 Å². The Morgan fingerprint density at radius 1 is 1.35 bits per heavy atom. The third-order valence-corrected chi connectivity index (χ3v) is 3.87. The Hall–Kier alpha value is -1.11. The normalized spacial score (nSPS) is 15.0. The number of halogens is 2. The standard InChI is InChI=1S/C13H15BrClN3O2/c14-9-1-2-11(15)10(7-9)13(20)17-8-12(19)18-5-3-16-4-6-18/h1-2,7,16H,3-6,8H2,(H,17,20). The number of rotatable bonds is 3. The average molecular weight is 361 g/mol. The van der Waals surface area contributed by atoms with Crippen molar-refractivity contribution in [2.75, 3.05) is 32.7 Å². The molecular weight excluding hydrogens is 346 g/mol. The average Bonchev–Trinajstić information content (AvgIpc) is 2.47. The van der Waals surface area contributed by atoms with Crippen LogP contribution in [0.2, 0.25) is 5.02 Å². The smallest absolute Gasteiger partial charge is 0.253 e. The van der Waals surface area contributed by atoms with Crippen LogP contribution in [0.5, 0.6) is 0 Å². The molecule has 1 aromatic carbocycles. The molecule has 2 amide bonds. The molecule has 0 unspecified atom stereocenters. The van der Waals surface area contributed by atoms with Crippen molar-refractivity contribution in [2.24, 2.45) is 0 Å². The fraction of sp³-hybridized carbons (Fsp3) is 0.385. The number of hydrogen-bond donors (Lipinski definition) is 2. The van der Waals surface area contributed by atoms with Gasteiger partial charge in [-0.25, -0.2) is 0 Å². The highest BCUT2D eigenvalue weighted by molar-refractivity contribution is 9.10. The minimum atomic E-state index is -0.347. The van der Waals surface area contributed by atoms with E-state index in [0.29, 0.717) is 23.7 Å². The van der Waals surface area contributed by atoms with Crippen LogP contribution in [0.25, 0.3) is 0 Å². The van der Waals surface area contributed by atoms with Crippen LogP contribution in [0, 0.1) is 0 Å². The van der Waals surface area contributed by atoms with Gasteiger partial charge >= 0.3 is 0 Å². The van der Waals surface area contributed by atoms with Crippen LogP contribution >= 0.6 is 27.5 Å². The van der Waals surface area contributed by atoms with E-state index in [4.69, 9.17) is 11.6 Å². The van der Waals surface area contributed by atoms with Crippen LogP contribution in [-0.2, 0) is 4.79 Å². The van der Waals surface area contributed by atoms with Crippen molar-refractivity contribution in [3.63, 3.8) is 0 Å². The highest BCUT2D eigenvalue weighted by Gasteiger charge is 2.17. The molecule has 0 aliphatic carbocycles. The van der Waals surface area contributed by atoms with Crippen molar-refractivity contribution < 1.29 is 9.59 Å². The summed E-state index contributed by atoms with van der Waals surface area (Å²) in [6.45, 7) is 2.91. The zero-order valence-electron chi connectivity index (χ0n) is 10.8. The van der Waals surface area contributed by atoms with Crippen molar-refractivity contribution in [1.82, 2.24) is 15.5 Å². The van der Waals surface area contributed by atoms with E-state index in [1.807, 2.05) is 0 Å². The first-order chi connectivity index (χ1) is 9.58. The maximum Gasteiger partial charge on any atom is 0.253 e. The third kappa shape index (κ3) is 3.94. The summed E-state index contributed by atoms with van der Waals surface area (Å²) in [5, 5.41) is 6.14. The minimum absolute atomic E-state index is 0.0122. The van der Waals surface area contributed by atoms with Crippen LogP contribution in [0.15, 0.2) is 22.7 Å². The lowest BCUT2D eigenvalue weighted by Crippen LogP contribution is -2.49. The predicted molar refractivity (Wildman–Crippen MR) is 80.9 cm³/mol. The van der Waals surface area contributed by atoms with E-state index >= 15 is 0 Å². The Morgan fingerprint density at radius 3 is 2.75 bits per heavy atom.